The maximum Gasteiger partial charge on any atom is 0.233 e. The number of nitrogens with zero attached hydrogens (tertiary/aromatic N) is 1. The van der Waals surface area contributed by atoms with Crippen LogP contribution >= 0.6 is 11.3 Å². The number of hydrogen-bond donors (Lipinski definition) is 1. The van der Waals surface area contributed by atoms with Crippen molar-refractivity contribution in [2.45, 2.75) is 11.8 Å². The van der Waals surface area contributed by atoms with Crippen LogP contribution in [0.2, 0.25) is 0 Å². The van der Waals surface area contributed by atoms with Crippen molar-refractivity contribution < 1.29 is 18.4 Å². The summed E-state index contributed by atoms with van der Waals surface area (Å²) in [7, 11) is -3.55. The molecule has 5 nitrogen and oxygen atoms in total. The van der Waals surface area contributed by atoms with Crippen LogP contribution in [0.3, 0.4) is 0 Å². The second-order valence-corrected chi connectivity index (χ2v) is 8.82. The van der Waals surface area contributed by atoms with Gasteiger partial charge in [-0.2, -0.15) is 0 Å². The van der Waals surface area contributed by atoms with Crippen LogP contribution in [0.25, 0.3) is 10.1 Å². The van der Waals surface area contributed by atoms with Crippen molar-refractivity contribution in [3.05, 3.63) is 71.1 Å². The molecule has 25 heavy (non-hydrogen) atoms. The van der Waals surface area contributed by atoms with Crippen LogP contribution in [0.4, 0.5) is 0 Å². The lowest BCUT2D eigenvalue weighted by atomic mass is 10.1. The van der Waals surface area contributed by atoms with Crippen LogP contribution < -0.4 is 0 Å². The van der Waals surface area contributed by atoms with Gasteiger partial charge in [0, 0.05) is 4.70 Å². The second kappa shape index (κ2) is 7.35. The van der Waals surface area contributed by atoms with E-state index in [-0.39, 0.29) is 17.9 Å². The van der Waals surface area contributed by atoms with Gasteiger partial charge < -0.3 is 0 Å². The van der Waals surface area contributed by atoms with E-state index in [2.05, 4.69) is 0 Å². The summed E-state index contributed by atoms with van der Waals surface area (Å²) >= 11 is 1.60. The lowest BCUT2D eigenvalue weighted by Crippen LogP contribution is -2.30. The third-order valence-corrected chi connectivity index (χ3v) is 6.42. The molecule has 0 aliphatic heterocycles. The molecule has 0 bridgehead atoms. The molecule has 0 aliphatic carbocycles. The van der Waals surface area contributed by atoms with Gasteiger partial charge in [-0.05, 0) is 40.1 Å². The van der Waals surface area contributed by atoms with Gasteiger partial charge in [0.05, 0.1) is 17.5 Å². The zero-order valence-corrected chi connectivity index (χ0v) is 14.9. The monoisotopic (exact) mass is 375 g/mol. The van der Waals surface area contributed by atoms with Crippen LogP contribution in [0.1, 0.15) is 17.2 Å². The molecule has 0 saturated heterocycles. The first-order valence-corrected chi connectivity index (χ1v) is 10.3. The number of thiophene rings is 1. The minimum Gasteiger partial charge on any atom is -0.285 e. The predicted octanol–water partition coefficient (Wildman–Crippen LogP) is 3.41. The third kappa shape index (κ3) is 4.25. The van der Waals surface area contributed by atoms with Gasteiger partial charge in [0.1, 0.15) is 0 Å². The number of amides is 1. The topological polar surface area (TPSA) is 74.7 Å². The van der Waals surface area contributed by atoms with Gasteiger partial charge in [-0.3, -0.25) is 10.0 Å². The van der Waals surface area contributed by atoms with E-state index in [1.165, 1.54) is 0 Å². The molecule has 0 radical (unpaired) electrons. The highest BCUT2D eigenvalue weighted by molar-refractivity contribution is 7.90. The number of hydrogen-bond acceptors (Lipinski definition) is 5. The maximum atomic E-state index is 12.6. The Hall–Kier alpha value is -2.22. The van der Waals surface area contributed by atoms with Crippen molar-refractivity contribution in [2.75, 3.05) is 5.75 Å². The van der Waals surface area contributed by atoms with Crippen LogP contribution in [0.15, 0.2) is 60.0 Å². The summed E-state index contributed by atoms with van der Waals surface area (Å²) in [4.78, 5) is 11.0. The number of benzene rings is 2. The number of fused-ring (bicyclic) bond motifs is 1. The minimum atomic E-state index is -3.55. The molecule has 2 aromatic carbocycles. The maximum absolute atomic E-state index is 12.6. The zero-order chi connectivity index (χ0) is 17.9. The van der Waals surface area contributed by atoms with Gasteiger partial charge in [-0.1, -0.05) is 36.4 Å². The molecule has 1 N–H and O–H groups in total. The van der Waals surface area contributed by atoms with Crippen molar-refractivity contribution >= 4 is 37.7 Å². The lowest BCUT2D eigenvalue weighted by molar-refractivity contribution is -0.158. The van der Waals surface area contributed by atoms with E-state index in [1.54, 1.807) is 47.7 Å². The molecule has 1 aromatic heterocycles. The van der Waals surface area contributed by atoms with Gasteiger partial charge >= 0.3 is 0 Å². The number of hydroxylamine groups is 2. The zero-order valence-electron chi connectivity index (χ0n) is 13.3. The molecule has 130 valence electrons. The Morgan fingerprint density at radius 2 is 1.88 bits per heavy atom. The van der Waals surface area contributed by atoms with E-state index in [9.17, 15) is 18.4 Å². The van der Waals surface area contributed by atoms with Crippen molar-refractivity contribution in [2.24, 2.45) is 0 Å². The van der Waals surface area contributed by atoms with Gasteiger partial charge in [-0.15, -0.1) is 11.3 Å². The Morgan fingerprint density at radius 3 is 2.60 bits per heavy atom. The molecule has 1 heterocycles. The van der Waals surface area contributed by atoms with Crippen LogP contribution in [0.5, 0.6) is 0 Å². The summed E-state index contributed by atoms with van der Waals surface area (Å²) in [5.41, 5.74) is 1.25. The third-order valence-electron chi connectivity index (χ3n) is 3.93. The molecular weight excluding hydrogens is 358 g/mol. The standard InChI is InChI=1S/C18H17NO4S2/c20-13-19(21)17(15-4-2-1-3-5-15)12-25(22,23)11-14-6-7-18-16(10-14)8-9-24-18/h1-10,13,17,21H,11-12H2/t17-/m1/s1. The van der Waals surface area contributed by atoms with E-state index in [0.717, 1.165) is 10.1 Å². The Balaban J connectivity index is 1.83. The highest BCUT2D eigenvalue weighted by Gasteiger charge is 2.25. The first-order valence-electron chi connectivity index (χ1n) is 7.62. The SMILES string of the molecule is O=CN(O)[C@H](CS(=O)(=O)Cc1ccc2sccc2c1)c1ccccc1. The molecule has 0 spiro atoms. The van der Waals surface area contributed by atoms with E-state index >= 15 is 0 Å². The second-order valence-electron chi connectivity index (χ2n) is 5.76. The van der Waals surface area contributed by atoms with Crippen LogP contribution in [-0.4, -0.2) is 30.9 Å². The van der Waals surface area contributed by atoms with Crippen molar-refractivity contribution in [3.63, 3.8) is 0 Å². The average molecular weight is 375 g/mol. The van der Waals surface area contributed by atoms with Gasteiger partial charge in [0.25, 0.3) is 0 Å². The minimum absolute atomic E-state index is 0.144. The molecule has 0 aliphatic rings. The fourth-order valence-electron chi connectivity index (χ4n) is 2.73. The van der Waals surface area contributed by atoms with Gasteiger partial charge in [0.15, 0.2) is 9.84 Å². The first kappa shape index (κ1) is 17.6. The lowest BCUT2D eigenvalue weighted by Gasteiger charge is -2.22. The molecule has 0 saturated carbocycles. The summed E-state index contributed by atoms with van der Waals surface area (Å²) in [5, 5.41) is 13.2. The van der Waals surface area contributed by atoms with E-state index in [0.29, 0.717) is 16.2 Å². The fraction of sp³-hybridized carbons (Fsp3) is 0.167. The molecule has 1 atom stereocenters. The molecule has 1 amide bonds. The summed E-state index contributed by atoms with van der Waals surface area (Å²) in [6, 6.07) is 15.2. The van der Waals surface area contributed by atoms with Crippen molar-refractivity contribution in [3.8, 4) is 0 Å². The largest absolute Gasteiger partial charge is 0.285 e. The molecule has 3 rings (SSSR count). The summed E-state index contributed by atoms with van der Waals surface area (Å²) < 4.78 is 26.4. The summed E-state index contributed by atoms with van der Waals surface area (Å²) in [6.07, 6.45) is 0.227. The summed E-state index contributed by atoms with van der Waals surface area (Å²) in [6.45, 7) is 0. The van der Waals surface area contributed by atoms with E-state index in [4.69, 9.17) is 0 Å². The van der Waals surface area contributed by atoms with Crippen molar-refractivity contribution in [1.29, 1.82) is 0 Å². The molecule has 0 unspecified atom stereocenters. The Labute approximate surface area is 150 Å². The molecule has 7 heteroatoms. The van der Waals surface area contributed by atoms with Crippen LogP contribution in [-0.2, 0) is 20.4 Å². The quantitative estimate of drug-likeness (QED) is 0.390. The number of rotatable bonds is 7. The van der Waals surface area contributed by atoms with E-state index < -0.39 is 15.9 Å². The first-order chi connectivity index (χ1) is 12.0. The Kier molecular flexibility index (Phi) is 5.17. The summed E-state index contributed by atoms with van der Waals surface area (Å²) in [5.74, 6) is -0.497. The normalized spacial score (nSPS) is 12.8. The predicted molar refractivity (Wildman–Crippen MR) is 98.2 cm³/mol. The molecule has 3 aromatic rings. The molecule has 0 fully saturated rings. The highest BCUT2D eigenvalue weighted by atomic mass is 32.2. The number of sulfone groups is 1. The number of carbonyl (C=O) groups excluding carboxylic acids is 1. The van der Waals surface area contributed by atoms with Gasteiger partial charge in [-0.25, -0.2) is 13.5 Å². The Bertz CT molecular complexity index is 967. The average Bonchev–Trinajstić information content (AvgIpc) is 3.07. The number of carbonyl (C=O) groups is 1. The fourth-order valence-corrected chi connectivity index (χ4v) is 5.14. The molecular formula is C18H17NO4S2. The smallest absolute Gasteiger partial charge is 0.233 e. The van der Waals surface area contributed by atoms with Crippen molar-refractivity contribution in [1.82, 2.24) is 5.06 Å². The van der Waals surface area contributed by atoms with Crippen LogP contribution in [0, 0.1) is 0 Å². The van der Waals surface area contributed by atoms with E-state index in [1.807, 2.05) is 23.6 Å². The van der Waals surface area contributed by atoms with Gasteiger partial charge in [0.2, 0.25) is 6.41 Å². The highest BCUT2D eigenvalue weighted by Crippen LogP contribution is 2.25. The Morgan fingerprint density at radius 1 is 1.12 bits per heavy atom.